The molecule has 2 heteroatoms. The summed E-state index contributed by atoms with van der Waals surface area (Å²) in [4.78, 5) is 0. The van der Waals surface area contributed by atoms with Gasteiger partial charge in [0.25, 0.3) is 0 Å². The molecule has 14 heavy (non-hydrogen) atoms. The standard InChI is InChI=1S/C12H23NO/c1-2-4-6-12(5-3-1)13-9-11-7-8-14-10-11/h11-13H,1-10H2. The van der Waals surface area contributed by atoms with E-state index in [9.17, 15) is 0 Å². The van der Waals surface area contributed by atoms with Gasteiger partial charge in [0.15, 0.2) is 0 Å². The van der Waals surface area contributed by atoms with Gasteiger partial charge < -0.3 is 10.1 Å². The van der Waals surface area contributed by atoms with Gasteiger partial charge in [0.1, 0.15) is 0 Å². The Morgan fingerprint density at radius 2 is 1.79 bits per heavy atom. The Morgan fingerprint density at radius 1 is 1.00 bits per heavy atom. The molecule has 0 spiro atoms. The molecular formula is C12H23NO. The minimum Gasteiger partial charge on any atom is -0.381 e. The molecule has 1 saturated carbocycles. The first-order valence-corrected chi connectivity index (χ1v) is 6.26. The predicted octanol–water partition coefficient (Wildman–Crippen LogP) is 2.34. The van der Waals surface area contributed by atoms with E-state index < -0.39 is 0 Å². The highest BCUT2D eigenvalue weighted by Gasteiger charge is 2.17. The number of hydrogen-bond acceptors (Lipinski definition) is 2. The van der Waals surface area contributed by atoms with Gasteiger partial charge in [0, 0.05) is 19.2 Å². The summed E-state index contributed by atoms with van der Waals surface area (Å²) in [5, 5.41) is 3.72. The molecule has 1 aliphatic heterocycles. The van der Waals surface area contributed by atoms with E-state index in [1.807, 2.05) is 0 Å². The Hall–Kier alpha value is -0.0800. The number of ether oxygens (including phenoxy) is 1. The summed E-state index contributed by atoms with van der Waals surface area (Å²) in [6.07, 6.45) is 9.81. The molecule has 0 aromatic rings. The van der Waals surface area contributed by atoms with Crippen LogP contribution < -0.4 is 5.32 Å². The highest BCUT2D eigenvalue weighted by molar-refractivity contribution is 4.74. The van der Waals surface area contributed by atoms with Crippen molar-refractivity contribution in [3.05, 3.63) is 0 Å². The molecule has 1 aliphatic carbocycles. The summed E-state index contributed by atoms with van der Waals surface area (Å²) in [5.74, 6) is 0.790. The summed E-state index contributed by atoms with van der Waals surface area (Å²) >= 11 is 0. The van der Waals surface area contributed by atoms with Crippen LogP contribution in [0.25, 0.3) is 0 Å². The zero-order chi connectivity index (χ0) is 9.64. The van der Waals surface area contributed by atoms with Crippen molar-refractivity contribution in [2.75, 3.05) is 19.8 Å². The van der Waals surface area contributed by atoms with Crippen LogP contribution >= 0.6 is 0 Å². The van der Waals surface area contributed by atoms with Crippen LogP contribution in [0.15, 0.2) is 0 Å². The van der Waals surface area contributed by atoms with E-state index in [0.717, 1.165) is 25.2 Å². The lowest BCUT2D eigenvalue weighted by molar-refractivity contribution is 0.184. The van der Waals surface area contributed by atoms with Gasteiger partial charge in [-0.3, -0.25) is 0 Å². The maximum Gasteiger partial charge on any atom is 0.0507 e. The largest absolute Gasteiger partial charge is 0.381 e. The summed E-state index contributed by atoms with van der Waals surface area (Å²) in [5.41, 5.74) is 0. The topological polar surface area (TPSA) is 21.3 Å². The van der Waals surface area contributed by atoms with Crippen molar-refractivity contribution >= 4 is 0 Å². The highest BCUT2D eigenvalue weighted by Crippen LogP contribution is 2.18. The van der Waals surface area contributed by atoms with Gasteiger partial charge in [0.2, 0.25) is 0 Å². The zero-order valence-electron chi connectivity index (χ0n) is 9.13. The smallest absolute Gasteiger partial charge is 0.0507 e. The van der Waals surface area contributed by atoms with Crippen molar-refractivity contribution in [2.24, 2.45) is 5.92 Å². The molecule has 1 N–H and O–H groups in total. The fraction of sp³-hybridized carbons (Fsp3) is 1.00. The van der Waals surface area contributed by atoms with Crippen molar-refractivity contribution in [3.8, 4) is 0 Å². The number of rotatable bonds is 3. The molecule has 0 aromatic heterocycles. The van der Waals surface area contributed by atoms with Crippen molar-refractivity contribution in [1.29, 1.82) is 0 Å². The average Bonchev–Trinajstić information content (AvgIpc) is 2.58. The van der Waals surface area contributed by atoms with Crippen LogP contribution in [0.3, 0.4) is 0 Å². The first-order chi connectivity index (χ1) is 6.95. The Morgan fingerprint density at radius 3 is 2.43 bits per heavy atom. The van der Waals surface area contributed by atoms with Gasteiger partial charge in [0.05, 0.1) is 6.61 Å². The predicted molar refractivity (Wildman–Crippen MR) is 58.4 cm³/mol. The van der Waals surface area contributed by atoms with Gasteiger partial charge in [-0.15, -0.1) is 0 Å². The fourth-order valence-electron chi connectivity index (χ4n) is 2.56. The van der Waals surface area contributed by atoms with E-state index in [0.29, 0.717) is 0 Å². The number of hydrogen-bond donors (Lipinski definition) is 1. The summed E-state index contributed by atoms with van der Waals surface area (Å²) in [7, 11) is 0. The highest BCUT2D eigenvalue weighted by atomic mass is 16.5. The second-order valence-corrected chi connectivity index (χ2v) is 4.83. The van der Waals surface area contributed by atoms with Crippen LogP contribution in [-0.2, 0) is 4.74 Å². The van der Waals surface area contributed by atoms with E-state index in [1.54, 1.807) is 0 Å². The molecule has 2 fully saturated rings. The molecular weight excluding hydrogens is 174 g/mol. The van der Waals surface area contributed by atoms with E-state index in [4.69, 9.17) is 4.74 Å². The maximum absolute atomic E-state index is 5.38. The van der Waals surface area contributed by atoms with Crippen molar-refractivity contribution in [3.63, 3.8) is 0 Å². The van der Waals surface area contributed by atoms with Crippen LogP contribution in [0.4, 0.5) is 0 Å². The lowest BCUT2D eigenvalue weighted by Gasteiger charge is -2.18. The van der Waals surface area contributed by atoms with Crippen LogP contribution in [0.5, 0.6) is 0 Å². The quantitative estimate of drug-likeness (QED) is 0.701. The molecule has 0 amide bonds. The lowest BCUT2D eigenvalue weighted by atomic mass is 10.1. The van der Waals surface area contributed by atoms with Crippen LogP contribution in [0.1, 0.15) is 44.9 Å². The van der Waals surface area contributed by atoms with Gasteiger partial charge in [-0.1, -0.05) is 25.7 Å². The third-order valence-corrected chi connectivity index (χ3v) is 3.57. The molecule has 82 valence electrons. The Labute approximate surface area is 87.4 Å². The normalized spacial score (nSPS) is 30.4. The average molecular weight is 197 g/mol. The SMILES string of the molecule is C1CCCC(NCC2CCOC2)CC1. The molecule has 1 saturated heterocycles. The van der Waals surface area contributed by atoms with Gasteiger partial charge in [-0.05, 0) is 25.2 Å². The molecule has 1 heterocycles. The lowest BCUT2D eigenvalue weighted by Crippen LogP contribution is -2.33. The molecule has 0 bridgehead atoms. The Kier molecular flexibility index (Phi) is 4.26. The molecule has 2 nitrogen and oxygen atoms in total. The molecule has 2 aliphatic rings. The van der Waals surface area contributed by atoms with Gasteiger partial charge >= 0.3 is 0 Å². The van der Waals surface area contributed by atoms with E-state index in [2.05, 4.69) is 5.32 Å². The number of nitrogens with one attached hydrogen (secondary N) is 1. The Balaban J connectivity index is 1.62. The van der Waals surface area contributed by atoms with Crippen LogP contribution in [-0.4, -0.2) is 25.8 Å². The summed E-state index contributed by atoms with van der Waals surface area (Å²) in [6.45, 7) is 3.15. The van der Waals surface area contributed by atoms with Crippen molar-refractivity contribution in [1.82, 2.24) is 5.32 Å². The summed E-state index contributed by atoms with van der Waals surface area (Å²) < 4.78 is 5.38. The van der Waals surface area contributed by atoms with E-state index in [1.165, 1.54) is 51.5 Å². The molecule has 0 radical (unpaired) electrons. The van der Waals surface area contributed by atoms with Gasteiger partial charge in [-0.25, -0.2) is 0 Å². The maximum atomic E-state index is 5.38. The molecule has 0 aromatic carbocycles. The molecule has 1 atom stereocenters. The van der Waals surface area contributed by atoms with E-state index in [-0.39, 0.29) is 0 Å². The van der Waals surface area contributed by atoms with Crippen LogP contribution in [0.2, 0.25) is 0 Å². The minimum atomic E-state index is 0.790. The minimum absolute atomic E-state index is 0.790. The second-order valence-electron chi connectivity index (χ2n) is 4.83. The third kappa shape index (κ3) is 3.25. The fourth-order valence-corrected chi connectivity index (χ4v) is 2.56. The second kappa shape index (κ2) is 5.72. The molecule has 1 unspecified atom stereocenters. The molecule has 2 rings (SSSR count). The van der Waals surface area contributed by atoms with E-state index >= 15 is 0 Å². The zero-order valence-corrected chi connectivity index (χ0v) is 9.13. The van der Waals surface area contributed by atoms with Crippen molar-refractivity contribution < 1.29 is 4.74 Å². The Bertz CT molecular complexity index is 146. The first kappa shape index (κ1) is 10.4. The van der Waals surface area contributed by atoms with Gasteiger partial charge in [-0.2, -0.15) is 0 Å². The third-order valence-electron chi connectivity index (χ3n) is 3.57. The summed E-state index contributed by atoms with van der Waals surface area (Å²) in [6, 6.07) is 0.804. The first-order valence-electron chi connectivity index (χ1n) is 6.26. The van der Waals surface area contributed by atoms with Crippen molar-refractivity contribution in [2.45, 2.75) is 51.0 Å². The monoisotopic (exact) mass is 197 g/mol. The van der Waals surface area contributed by atoms with Crippen LogP contribution in [0, 0.1) is 5.92 Å².